The molecule has 0 aliphatic rings. The number of nitrogens with zero attached hydrogens (tertiary/aromatic N) is 2. The van der Waals surface area contributed by atoms with Gasteiger partial charge in [-0.25, -0.2) is 0 Å². The van der Waals surface area contributed by atoms with Crippen LogP contribution in [0.15, 0.2) is 28.7 Å². The highest BCUT2D eigenvalue weighted by molar-refractivity contribution is 9.10. The zero-order valence-electron chi connectivity index (χ0n) is 11.1. The quantitative estimate of drug-likeness (QED) is 0.894. The van der Waals surface area contributed by atoms with Crippen molar-refractivity contribution in [1.82, 2.24) is 4.98 Å². The summed E-state index contributed by atoms with van der Waals surface area (Å²) >= 11 is 3.53. The summed E-state index contributed by atoms with van der Waals surface area (Å²) in [7, 11) is 0. The number of hydrogen-bond acceptors (Lipinski definition) is 3. The lowest BCUT2D eigenvalue weighted by atomic mass is 10.1. The number of pyridine rings is 1. The van der Waals surface area contributed by atoms with Gasteiger partial charge < -0.3 is 5.32 Å². The second-order valence-corrected chi connectivity index (χ2v) is 5.35. The van der Waals surface area contributed by atoms with Crippen LogP contribution in [0.25, 0.3) is 0 Å². The Balaban J connectivity index is 2.46. The number of anilines is 2. The predicted octanol–water partition coefficient (Wildman–Crippen LogP) is 4.38. The summed E-state index contributed by atoms with van der Waals surface area (Å²) in [5.74, 6) is 0. The maximum atomic E-state index is 9.24. The summed E-state index contributed by atoms with van der Waals surface area (Å²) in [5, 5.41) is 12.5. The van der Waals surface area contributed by atoms with Crippen LogP contribution in [0.3, 0.4) is 0 Å². The van der Waals surface area contributed by atoms with Crippen molar-refractivity contribution in [3.63, 3.8) is 0 Å². The lowest BCUT2D eigenvalue weighted by molar-refractivity contribution is 1.11. The molecule has 0 spiro atoms. The molecule has 0 aliphatic heterocycles. The molecule has 96 valence electrons. The van der Waals surface area contributed by atoms with Gasteiger partial charge in [0.05, 0.1) is 22.6 Å². The molecule has 19 heavy (non-hydrogen) atoms. The molecule has 0 unspecified atom stereocenters. The summed E-state index contributed by atoms with van der Waals surface area (Å²) in [4.78, 5) is 4.31. The first-order chi connectivity index (χ1) is 9.01. The van der Waals surface area contributed by atoms with Crippen molar-refractivity contribution in [3.8, 4) is 6.07 Å². The number of aromatic nitrogens is 1. The number of hydrogen-bond donors (Lipinski definition) is 1. The molecule has 3 nitrogen and oxygen atoms in total. The molecule has 0 fully saturated rings. The normalized spacial score (nSPS) is 10.1. The first-order valence-corrected chi connectivity index (χ1v) is 6.72. The van der Waals surface area contributed by atoms with Crippen molar-refractivity contribution in [1.29, 1.82) is 5.26 Å². The van der Waals surface area contributed by atoms with Crippen molar-refractivity contribution < 1.29 is 0 Å². The van der Waals surface area contributed by atoms with E-state index in [0.717, 1.165) is 27.2 Å². The molecule has 0 amide bonds. The summed E-state index contributed by atoms with van der Waals surface area (Å²) < 4.78 is 0.975. The standard InChI is InChI=1S/C15H14BrN3/c1-9-4-5-14(13(16)6-9)19-15-7-10(2)18-11(3)12(15)8-17/h4-7H,1-3H3,(H,18,19). The fourth-order valence-electron chi connectivity index (χ4n) is 1.93. The third kappa shape index (κ3) is 2.94. The zero-order valence-corrected chi connectivity index (χ0v) is 12.7. The number of aryl methyl sites for hydroxylation is 3. The van der Waals surface area contributed by atoms with Crippen LogP contribution in [0, 0.1) is 32.1 Å². The van der Waals surface area contributed by atoms with Gasteiger partial charge in [0.25, 0.3) is 0 Å². The summed E-state index contributed by atoms with van der Waals surface area (Å²) in [6.45, 7) is 5.81. The van der Waals surface area contributed by atoms with E-state index < -0.39 is 0 Å². The lowest BCUT2D eigenvalue weighted by Crippen LogP contribution is -2.00. The topological polar surface area (TPSA) is 48.7 Å². The van der Waals surface area contributed by atoms with Gasteiger partial charge >= 0.3 is 0 Å². The van der Waals surface area contributed by atoms with E-state index in [-0.39, 0.29) is 0 Å². The molecule has 4 heteroatoms. The highest BCUT2D eigenvalue weighted by atomic mass is 79.9. The predicted molar refractivity (Wildman–Crippen MR) is 80.6 cm³/mol. The Morgan fingerprint density at radius 1 is 1.16 bits per heavy atom. The number of rotatable bonds is 2. The molecular formula is C15H14BrN3. The third-order valence-corrected chi connectivity index (χ3v) is 3.49. The Kier molecular flexibility index (Phi) is 3.87. The van der Waals surface area contributed by atoms with Crippen LogP contribution in [0.4, 0.5) is 11.4 Å². The van der Waals surface area contributed by atoms with E-state index >= 15 is 0 Å². The second-order valence-electron chi connectivity index (χ2n) is 4.49. The highest BCUT2D eigenvalue weighted by Gasteiger charge is 2.09. The van der Waals surface area contributed by atoms with Gasteiger partial charge in [-0.2, -0.15) is 5.26 Å². The molecule has 0 saturated heterocycles. The second kappa shape index (κ2) is 5.41. The van der Waals surface area contributed by atoms with E-state index in [2.05, 4.69) is 32.3 Å². The van der Waals surface area contributed by atoms with Gasteiger partial charge in [-0.15, -0.1) is 0 Å². The van der Waals surface area contributed by atoms with Crippen molar-refractivity contribution in [3.05, 3.63) is 51.3 Å². The maximum Gasteiger partial charge on any atom is 0.103 e. The first kappa shape index (κ1) is 13.6. The van der Waals surface area contributed by atoms with Gasteiger partial charge in [-0.3, -0.25) is 4.98 Å². The van der Waals surface area contributed by atoms with E-state index in [0.29, 0.717) is 5.56 Å². The van der Waals surface area contributed by atoms with E-state index in [1.165, 1.54) is 5.56 Å². The fourth-order valence-corrected chi connectivity index (χ4v) is 2.53. The van der Waals surface area contributed by atoms with Crippen LogP contribution in [0.2, 0.25) is 0 Å². The largest absolute Gasteiger partial charge is 0.353 e. The molecule has 1 heterocycles. The Morgan fingerprint density at radius 3 is 2.53 bits per heavy atom. The summed E-state index contributed by atoms with van der Waals surface area (Å²) in [6, 6.07) is 10.1. The molecule has 1 aromatic heterocycles. The van der Waals surface area contributed by atoms with E-state index in [1.54, 1.807) is 0 Å². The Labute approximate surface area is 121 Å². The Morgan fingerprint density at radius 2 is 1.89 bits per heavy atom. The molecule has 0 atom stereocenters. The molecular weight excluding hydrogens is 302 g/mol. The molecule has 0 radical (unpaired) electrons. The first-order valence-electron chi connectivity index (χ1n) is 5.93. The number of halogens is 1. The molecule has 2 rings (SSSR count). The molecule has 2 aromatic rings. The van der Waals surface area contributed by atoms with Crippen molar-refractivity contribution in [2.24, 2.45) is 0 Å². The molecule has 0 saturated carbocycles. The van der Waals surface area contributed by atoms with Gasteiger partial charge in [0.1, 0.15) is 6.07 Å². The Bertz CT molecular complexity index is 672. The average molecular weight is 316 g/mol. The smallest absolute Gasteiger partial charge is 0.103 e. The van der Waals surface area contributed by atoms with Gasteiger partial charge in [0.2, 0.25) is 0 Å². The van der Waals surface area contributed by atoms with Crippen LogP contribution >= 0.6 is 15.9 Å². The third-order valence-electron chi connectivity index (χ3n) is 2.83. The van der Waals surface area contributed by atoms with Crippen molar-refractivity contribution >= 4 is 27.3 Å². The zero-order chi connectivity index (χ0) is 14.0. The Hall–Kier alpha value is -1.86. The average Bonchev–Trinajstić information content (AvgIpc) is 2.32. The fraction of sp³-hybridized carbons (Fsp3) is 0.200. The van der Waals surface area contributed by atoms with Crippen LogP contribution in [-0.2, 0) is 0 Å². The van der Waals surface area contributed by atoms with Crippen molar-refractivity contribution in [2.45, 2.75) is 20.8 Å². The van der Waals surface area contributed by atoms with Crippen LogP contribution in [0.1, 0.15) is 22.5 Å². The van der Waals surface area contributed by atoms with Crippen LogP contribution in [-0.4, -0.2) is 4.98 Å². The van der Waals surface area contributed by atoms with E-state index in [1.807, 2.05) is 45.0 Å². The summed E-state index contributed by atoms with van der Waals surface area (Å²) in [6.07, 6.45) is 0. The molecule has 0 bridgehead atoms. The minimum Gasteiger partial charge on any atom is -0.353 e. The maximum absolute atomic E-state index is 9.24. The minimum absolute atomic E-state index is 0.582. The van der Waals surface area contributed by atoms with Crippen LogP contribution < -0.4 is 5.32 Å². The number of nitrogens with one attached hydrogen (secondary N) is 1. The number of nitriles is 1. The van der Waals surface area contributed by atoms with Crippen LogP contribution in [0.5, 0.6) is 0 Å². The monoisotopic (exact) mass is 315 g/mol. The van der Waals surface area contributed by atoms with E-state index in [9.17, 15) is 5.26 Å². The SMILES string of the molecule is Cc1ccc(Nc2cc(C)nc(C)c2C#N)c(Br)c1. The molecule has 1 N–H and O–H groups in total. The highest BCUT2D eigenvalue weighted by Crippen LogP contribution is 2.29. The van der Waals surface area contributed by atoms with Gasteiger partial charge in [-0.05, 0) is 60.5 Å². The van der Waals surface area contributed by atoms with Gasteiger partial charge in [-0.1, -0.05) is 6.07 Å². The van der Waals surface area contributed by atoms with E-state index in [4.69, 9.17) is 0 Å². The minimum atomic E-state index is 0.582. The van der Waals surface area contributed by atoms with Gasteiger partial charge in [0, 0.05) is 10.2 Å². The summed E-state index contributed by atoms with van der Waals surface area (Å²) in [5.41, 5.74) is 5.12. The molecule has 0 aliphatic carbocycles. The lowest BCUT2D eigenvalue weighted by Gasteiger charge is -2.12. The van der Waals surface area contributed by atoms with Crippen molar-refractivity contribution in [2.75, 3.05) is 5.32 Å². The number of benzene rings is 1. The molecule has 1 aromatic carbocycles. The van der Waals surface area contributed by atoms with Gasteiger partial charge in [0.15, 0.2) is 0 Å².